The van der Waals surface area contributed by atoms with E-state index in [1.165, 1.54) is 12.5 Å². The Kier molecular flexibility index (Phi) is 4.12. The SMILES string of the molecule is CC(C)(C)N(CCC(=O)O)S(=O)(=O)c1cnc[nH]1. The molecule has 1 aromatic heterocycles. The molecule has 0 fully saturated rings. The summed E-state index contributed by atoms with van der Waals surface area (Å²) in [5.41, 5.74) is -0.709. The van der Waals surface area contributed by atoms with E-state index in [-0.39, 0.29) is 18.0 Å². The zero-order valence-corrected chi connectivity index (χ0v) is 11.4. The van der Waals surface area contributed by atoms with Gasteiger partial charge in [-0.05, 0) is 20.8 Å². The first-order chi connectivity index (χ1) is 8.15. The van der Waals surface area contributed by atoms with Gasteiger partial charge in [0.1, 0.15) is 0 Å². The van der Waals surface area contributed by atoms with Crippen molar-refractivity contribution in [2.24, 2.45) is 0 Å². The molecular weight excluding hydrogens is 258 g/mol. The van der Waals surface area contributed by atoms with Crippen molar-refractivity contribution in [3.05, 3.63) is 12.5 Å². The van der Waals surface area contributed by atoms with Gasteiger partial charge in [0, 0.05) is 12.1 Å². The van der Waals surface area contributed by atoms with E-state index in [9.17, 15) is 13.2 Å². The number of rotatable bonds is 5. The normalized spacial score (nSPS) is 12.9. The van der Waals surface area contributed by atoms with E-state index >= 15 is 0 Å². The Balaban J connectivity index is 3.08. The van der Waals surface area contributed by atoms with E-state index in [2.05, 4.69) is 9.97 Å². The average molecular weight is 275 g/mol. The summed E-state index contributed by atoms with van der Waals surface area (Å²) in [6, 6.07) is 0. The quantitative estimate of drug-likeness (QED) is 0.822. The van der Waals surface area contributed by atoms with E-state index in [0.717, 1.165) is 4.31 Å². The van der Waals surface area contributed by atoms with Crippen LogP contribution in [0, 0.1) is 0 Å². The molecule has 0 aromatic carbocycles. The summed E-state index contributed by atoms with van der Waals surface area (Å²) in [5.74, 6) is -1.04. The van der Waals surface area contributed by atoms with E-state index < -0.39 is 21.5 Å². The van der Waals surface area contributed by atoms with Crippen LogP contribution in [-0.2, 0) is 14.8 Å². The maximum absolute atomic E-state index is 12.3. The highest BCUT2D eigenvalue weighted by atomic mass is 32.2. The highest BCUT2D eigenvalue weighted by Crippen LogP contribution is 2.23. The van der Waals surface area contributed by atoms with E-state index in [4.69, 9.17) is 5.11 Å². The number of carbonyl (C=O) groups is 1. The summed E-state index contributed by atoms with van der Waals surface area (Å²) in [4.78, 5) is 16.8. The summed E-state index contributed by atoms with van der Waals surface area (Å²) < 4.78 is 25.8. The maximum atomic E-state index is 12.3. The van der Waals surface area contributed by atoms with Crippen LogP contribution in [-0.4, -0.2) is 45.9 Å². The molecule has 1 aromatic rings. The van der Waals surface area contributed by atoms with Crippen molar-refractivity contribution >= 4 is 16.0 Å². The average Bonchev–Trinajstić information content (AvgIpc) is 2.67. The van der Waals surface area contributed by atoms with Crippen molar-refractivity contribution in [2.75, 3.05) is 6.54 Å². The van der Waals surface area contributed by atoms with Gasteiger partial charge < -0.3 is 10.1 Å². The number of aromatic nitrogens is 2. The molecule has 8 heteroatoms. The number of hydrogen-bond donors (Lipinski definition) is 2. The fourth-order valence-corrected chi connectivity index (χ4v) is 3.20. The molecule has 0 unspecified atom stereocenters. The van der Waals surface area contributed by atoms with Crippen LogP contribution >= 0.6 is 0 Å². The Hall–Kier alpha value is -1.41. The second kappa shape index (κ2) is 5.07. The Morgan fingerprint density at radius 3 is 2.50 bits per heavy atom. The number of aliphatic carboxylic acids is 1. The molecule has 0 atom stereocenters. The summed E-state index contributed by atoms with van der Waals surface area (Å²) in [6.45, 7) is 5.05. The van der Waals surface area contributed by atoms with Crippen LogP contribution < -0.4 is 0 Å². The van der Waals surface area contributed by atoms with Crippen LogP contribution in [0.4, 0.5) is 0 Å². The molecule has 102 valence electrons. The molecule has 0 saturated carbocycles. The molecule has 1 rings (SSSR count). The lowest BCUT2D eigenvalue weighted by atomic mass is 10.1. The first-order valence-electron chi connectivity index (χ1n) is 5.38. The lowest BCUT2D eigenvalue weighted by Crippen LogP contribution is -2.46. The van der Waals surface area contributed by atoms with Crippen LogP contribution in [0.3, 0.4) is 0 Å². The Morgan fingerprint density at radius 2 is 2.11 bits per heavy atom. The number of aromatic amines is 1. The van der Waals surface area contributed by atoms with Gasteiger partial charge in [0.25, 0.3) is 10.0 Å². The predicted octanol–water partition coefficient (Wildman–Crippen LogP) is 0.674. The zero-order chi connectivity index (χ0) is 14.0. The number of carboxylic acid groups (broad SMARTS) is 1. The Bertz CT molecular complexity index is 502. The smallest absolute Gasteiger partial charge is 0.304 e. The maximum Gasteiger partial charge on any atom is 0.304 e. The van der Waals surface area contributed by atoms with Crippen LogP contribution in [0.15, 0.2) is 17.6 Å². The number of imidazole rings is 1. The van der Waals surface area contributed by atoms with E-state index in [1.54, 1.807) is 20.8 Å². The molecule has 0 radical (unpaired) electrons. The van der Waals surface area contributed by atoms with Crippen molar-refractivity contribution in [3.63, 3.8) is 0 Å². The highest BCUT2D eigenvalue weighted by Gasteiger charge is 2.34. The fourth-order valence-electron chi connectivity index (χ4n) is 1.52. The third-order valence-electron chi connectivity index (χ3n) is 2.32. The Labute approximate surface area is 106 Å². The molecule has 7 nitrogen and oxygen atoms in total. The van der Waals surface area contributed by atoms with Gasteiger partial charge in [-0.1, -0.05) is 0 Å². The zero-order valence-electron chi connectivity index (χ0n) is 10.5. The minimum atomic E-state index is -3.76. The molecule has 0 saturated heterocycles. The minimum Gasteiger partial charge on any atom is -0.481 e. The van der Waals surface area contributed by atoms with Crippen LogP contribution in [0.25, 0.3) is 0 Å². The van der Waals surface area contributed by atoms with Crippen molar-refractivity contribution in [1.82, 2.24) is 14.3 Å². The predicted molar refractivity (Wildman–Crippen MR) is 64.5 cm³/mol. The summed E-state index contributed by atoms with van der Waals surface area (Å²) in [6.07, 6.45) is 2.23. The topological polar surface area (TPSA) is 103 Å². The summed E-state index contributed by atoms with van der Waals surface area (Å²) in [5, 5.41) is 8.64. The van der Waals surface area contributed by atoms with Gasteiger partial charge in [0.05, 0.1) is 18.9 Å². The number of carboxylic acids is 1. The van der Waals surface area contributed by atoms with Gasteiger partial charge in [0.15, 0.2) is 5.03 Å². The Morgan fingerprint density at radius 1 is 1.50 bits per heavy atom. The molecule has 2 N–H and O–H groups in total. The lowest BCUT2D eigenvalue weighted by Gasteiger charge is -2.33. The first-order valence-corrected chi connectivity index (χ1v) is 6.82. The largest absolute Gasteiger partial charge is 0.481 e. The van der Waals surface area contributed by atoms with Gasteiger partial charge in [-0.2, -0.15) is 4.31 Å². The monoisotopic (exact) mass is 275 g/mol. The molecule has 0 aliphatic carbocycles. The number of H-pyrrole nitrogens is 1. The fraction of sp³-hybridized carbons (Fsp3) is 0.600. The van der Waals surface area contributed by atoms with Gasteiger partial charge in [-0.25, -0.2) is 13.4 Å². The van der Waals surface area contributed by atoms with Crippen molar-refractivity contribution in [2.45, 2.75) is 37.8 Å². The van der Waals surface area contributed by atoms with Crippen LogP contribution in [0.1, 0.15) is 27.2 Å². The van der Waals surface area contributed by atoms with Crippen molar-refractivity contribution in [3.8, 4) is 0 Å². The van der Waals surface area contributed by atoms with Gasteiger partial charge in [-0.3, -0.25) is 4.79 Å². The lowest BCUT2D eigenvalue weighted by molar-refractivity contribution is -0.137. The first kappa shape index (κ1) is 14.7. The minimum absolute atomic E-state index is 0.0391. The second-order valence-corrected chi connectivity index (χ2v) is 6.64. The molecule has 0 amide bonds. The summed E-state index contributed by atoms with van der Waals surface area (Å²) in [7, 11) is -3.76. The van der Waals surface area contributed by atoms with Crippen LogP contribution in [0.5, 0.6) is 0 Å². The van der Waals surface area contributed by atoms with E-state index in [0.29, 0.717) is 0 Å². The molecule has 0 spiro atoms. The number of nitrogens with one attached hydrogen (secondary N) is 1. The number of sulfonamides is 1. The molecule has 1 heterocycles. The van der Waals surface area contributed by atoms with Crippen LogP contribution in [0.2, 0.25) is 0 Å². The van der Waals surface area contributed by atoms with Crippen molar-refractivity contribution in [1.29, 1.82) is 0 Å². The molecule has 0 aliphatic rings. The summed E-state index contributed by atoms with van der Waals surface area (Å²) >= 11 is 0. The standard InChI is InChI=1S/C10H17N3O4S/c1-10(2,3)13(5-4-9(14)15)18(16,17)8-6-11-7-12-8/h6-7H,4-5H2,1-3H3,(H,11,12)(H,14,15). The number of nitrogens with zero attached hydrogens (tertiary/aromatic N) is 2. The molecule has 0 aliphatic heterocycles. The third kappa shape index (κ3) is 3.30. The molecule has 18 heavy (non-hydrogen) atoms. The second-order valence-electron chi connectivity index (χ2n) is 4.81. The van der Waals surface area contributed by atoms with Crippen molar-refractivity contribution < 1.29 is 18.3 Å². The van der Waals surface area contributed by atoms with Gasteiger partial charge in [-0.15, -0.1) is 0 Å². The van der Waals surface area contributed by atoms with E-state index in [1.807, 2.05) is 0 Å². The molecular formula is C10H17N3O4S. The highest BCUT2D eigenvalue weighted by molar-refractivity contribution is 7.89. The number of hydrogen-bond acceptors (Lipinski definition) is 4. The third-order valence-corrected chi connectivity index (χ3v) is 4.41. The van der Waals surface area contributed by atoms with Gasteiger partial charge in [0.2, 0.25) is 0 Å². The van der Waals surface area contributed by atoms with Gasteiger partial charge >= 0.3 is 5.97 Å². The molecule has 0 bridgehead atoms.